The number of carbonyl (C=O) groups is 3. The Labute approximate surface area is 159 Å². The van der Waals surface area contributed by atoms with Crippen LogP contribution in [0, 0.1) is 0 Å². The van der Waals surface area contributed by atoms with Gasteiger partial charge in [-0.1, -0.05) is 0 Å². The minimum atomic E-state index is -1.19. The number of thiol groups is 2. The van der Waals surface area contributed by atoms with Crippen molar-refractivity contribution in [2.75, 3.05) is 19.4 Å². The van der Waals surface area contributed by atoms with Crippen molar-refractivity contribution >= 4 is 43.2 Å². The Balaban J connectivity index is 4.79. The lowest BCUT2D eigenvalue weighted by atomic mass is 10.0. The van der Waals surface area contributed by atoms with E-state index >= 15 is 0 Å². The Bertz CT molecular complexity index is 497. The molecule has 1 unspecified atom stereocenters. The van der Waals surface area contributed by atoms with Crippen LogP contribution in [0.4, 0.5) is 4.79 Å². The largest absolute Gasteiger partial charge is 0.480 e. The molecular weight excluding hydrogens is 368 g/mol. The van der Waals surface area contributed by atoms with Crippen LogP contribution in [0.2, 0.25) is 0 Å². The summed E-state index contributed by atoms with van der Waals surface area (Å²) in [6.07, 6.45) is -1.80. The number of carbonyl (C=O) groups excluding carboxylic acids is 2. The Morgan fingerprint density at radius 1 is 1.28 bits per heavy atom. The first-order chi connectivity index (χ1) is 11.2. The van der Waals surface area contributed by atoms with Gasteiger partial charge < -0.3 is 19.9 Å². The van der Waals surface area contributed by atoms with Gasteiger partial charge in [0.1, 0.15) is 6.04 Å². The van der Waals surface area contributed by atoms with E-state index in [9.17, 15) is 19.5 Å². The van der Waals surface area contributed by atoms with E-state index in [1.807, 2.05) is 0 Å². The molecule has 0 radical (unpaired) electrons. The van der Waals surface area contributed by atoms with E-state index in [1.54, 1.807) is 20.8 Å². The lowest BCUT2D eigenvalue weighted by Gasteiger charge is -2.34. The number of amides is 2. The van der Waals surface area contributed by atoms with Gasteiger partial charge in [-0.15, -0.1) is 0 Å². The molecule has 0 saturated carbocycles. The second-order valence-electron chi connectivity index (χ2n) is 6.67. The summed E-state index contributed by atoms with van der Waals surface area (Å²) in [5, 5.41) is 12.0. The summed E-state index contributed by atoms with van der Waals surface area (Å²) in [7, 11) is 1.32. The SMILES string of the molecule is CC(=O)N[C@@](C)(CS)COC(C)OC(=O)N(C)[C@@H](C(=O)O)C(C)(C)S. The Morgan fingerprint density at radius 3 is 2.16 bits per heavy atom. The highest BCUT2D eigenvalue weighted by Crippen LogP contribution is 2.23. The average Bonchev–Trinajstić information content (AvgIpc) is 2.42. The summed E-state index contributed by atoms with van der Waals surface area (Å²) in [5.74, 6) is -1.10. The zero-order chi connectivity index (χ0) is 20.0. The molecule has 0 aliphatic heterocycles. The highest BCUT2D eigenvalue weighted by molar-refractivity contribution is 7.81. The maximum Gasteiger partial charge on any atom is 0.412 e. The minimum Gasteiger partial charge on any atom is -0.480 e. The van der Waals surface area contributed by atoms with Gasteiger partial charge >= 0.3 is 12.1 Å². The third-order valence-corrected chi connectivity index (χ3v) is 4.25. The molecule has 0 rings (SSSR count). The number of hydrogen-bond acceptors (Lipinski definition) is 7. The maximum absolute atomic E-state index is 12.2. The van der Waals surface area contributed by atoms with Crippen LogP contribution in [-0.2, 0) is 19.1 Å². The minimum absolute atomic E-state index is 0.0641. The van der Waals surface area contributed by atoms with Gasteiger partial charge in [0.15, 0.2) is 0 Å². The predicted octanol–water partition coefficient (Wildman–Crippen LogP) is 1.40. The first-order valence-electron chi connectivity index (χ1n) is 7.63. The highest BCUT2D eigenvalue weighted by Gasteiger charge is 2.39. The molecule has 0 spiro atoms. The number of carboxylic acids is 1. The first-order valence-corrected chi connectivity index (χ1v) is 8.71. The van der Waals surface area contributed by atoms with Gasteiger partial charge in [0.25, 0.3) is 0 Å². The van der Waals surface area contributed by atoms with Crippen LogP contribution < -0.4 is 5.32 Å². The van der Waals surface area contributed by atoms with Crippen molar-refractivity contribution < 1.29 is 29.0 Å². The van der Waals surface area contributed by atoms with E-state index in [1.165, 1.54) is 20.9 Å². The van der Waals surface area contributed by atoms with Gasteiger partial charge in [-0.3, -0.25) is 9.69 Å². The number of nitrogens with zero attached hydrogens (tertiary/aromatic N) is 1. The molecular formula is C15H28N2O6S2. The summed E-state index contributed by atoms with van der Waals surface area (Å²) in [6.45, 7) is 7.86. The molecule has 0 aromatic rings. The van der Waals surface area contributed by atoms with E-state index in [0.29, 0.717) is 5.75 Å². The zero-order valence-corrected chi connectivity index (χ0v) is 17.2. The van der Waals surface area contributed by atoms with Gasteiger partial charge in [0.05, 0.1) is 12.1 Å². The summed E-state index contributed by atoms with van der Waals surface area (Å²) in [4.78, 5) is 35.7. The Kier molecular flexibility index (Phi) is 9.10. The smallest absolute Gasteiger partial charge is 0.412 e. The van der Waals surface area contributed by atoms with Crippen molar-refractivity contribution in [2.45, 2.75) is 57.2 Å². The molecule has 2 N–H and O–H groups in total. The lowest BCUT2D eigenvalue weighted by Crippen LogP contribution is -2.53. The fourth-order valence-corrected chi connectivity index (χ4v) is 2.61. The molecule has 0 aromatic heterocycles. The van der Waals surface area contributed by atoms with Crippen molar-refractivity contribution in [3.63, 3.8) is 0 Å². The molecule has 0 bridgehead atoms. The van der Waals surface area contributed by atoms with Crippen LogP contribution in [0.15, 0.2) is 0 Å². The van der Waals surface area contributed by atoms with E-state index < -0.39 is 34.7 Å². The molecule has 8 nitrogen and oxygen atoms in total. The van der Waals surface area contributed by atoms with Gasteiger partial charge in [0.2, 0.25) is 12.2 Å². The Morgan fingerprint density at radius 2 is 1.80 bits per heavy atom. The summed E-state index contributed by atoms with van der Waals surface area (Å²) < 4.78 is 9.59. The molecule has 146 valence electrons. The molecule has 0 heterocycles. The number of carboxylic acid groups (broad SMARTS) is 1. The van der Waals surface area contributed by atoms with Crippen LogP contribution in [0.5, 0.6) is 0 Å². The van der Waals surface area contributed by atoms with Gasteiger partial charge in [-0.2, -0.15) is 25.3 Å². The zero-order valence-electron chi connectivity index (χ0n) is 15.4. The fourth-order valence-electron chi connectivity index (χ4n) is 2.15. The predicted molar refractivity (Wildman–Crippen MR) is 100 cm³/mol. The summed E-state index contributed by atoms with van der Waals surface area (Å²) in [6, 6.07) is -1.18. The van der Waals surface area contributed by atoms with Crippen molar-refractivity contribution in [2.24, 2.45) is 0 Å². The summed E-state index contributed by atoms with van der Waals surface area (Å²) in [5.41, 5.74) is -0.724. The number of aliphatic carboxylic acids is 1. The number of ether oxygens (including phenoxy) is 2. The van der Waals surface area contributed by atoms with E-state index in [2.05, 4.69) is 30.6 Å². The van der Waals surface area contributed by atoms with Crippen molar-refractivity contribution in [1.29, 1.82) is 0 Å². The van der Waals surface area contributed by atoms with Crippen LogP contribution in [0.25, 0.3) is 0 Å². The molecule has 3 atom stereocenters. The standard InChI is InChI=1S/C15H28N2O6S2/c1-9(18)16-15(5,8-24)7-22-10(2)23-13(21)17(6)11(12(19)20)14(3,4)25/h10-11,24-25H,7-8H2,1-6H3,(H,16,18)(H,19,20)/t10?,11-,15+/m0/s1. The van der Waals surface area contributed by atoms with E-state index in [-0.39, 0.29) is 12.5 Å². The van der Waals surface area contributed by atoms with Gasteiger partial charge in [0, 0.05) is 24.5 Å². The second kappa shape index (κ2) is 9.54. The van der Waals surface area contributed by atoms with Crippen LogP contribution in [0.1, 0.15) is 34.6 Å². The molecule has 0 aliphatic rings. The summed E-state index contributed by atoms with van der Waals surface area (Å²) >= 11 is 8.40. The average molecular weight is 397 g/mol. The molecule has 0 fully saturated rings. The first kappa shape index (κ1) is 23.9. The van der Waals surface area contributed by atoms with Crippen molar-refractivity contribution in [3.8, 4) is 0 Å². The Hall–Kier alpha value is -1.13. The normalized spacial score (nSPS) is 16.3. The van der Waals surface area contributed by atoms with E-state index in [4.69, 9.17) is 9.47 Å². The molecule has 0 aromatic carbocycles. The molecule has 10 heteroatoms. The van der Waals surface area contributed by atoms with Crippen molar-refractivity contribution in [1.82, 2.24) is 10.2 Å². The lowest BCUT2D eigenvalue weighted by molar-refractivity contribution is -0.145. The number of rotatable bonds is 9. The second-order valence-corrected chi connectivity index (χ2v) is 8.14. The van der Waals surface area contributed by atoms with Crippen LogP contribution >= 0.6 is 25.3 Å². The maximum atomic E-state index is 12.2. The highest BCUT2D eigenvalue weighted by atomic mass is 32.1. The molecule has 25 heavy (non-hydrogen) atoms. The number of likely N-dealkylation sites (N-methyl/N-ethyl adjacent to an activating group) is 1. The van der Waals surface area contributed by atoms with Gasteiger partial charge in [-0.25, -0.2) is 9.59 Å². The van der Waals surface area contributed by atoms with Gasteiger partial charge in [-0.05, 0) is 27.7 Å². The quantitative estimate of drug-likeness (QED) is 0.347. The van der Waals surface area contributed by atoms with Crippen LogP contribution in [-0.4, -0.2) is 70.0 Å². The fraction of sp³-hybridized carbons (Fsp3) is 0.800. The monoisotopic (exact) mass is 396 g/mol. The topological polar surface area (TPSA) is 105 Å². The molecule has 0 saturated heterocycles. The molecule has 2 amide bonds. The van der Waals surface area contributed by atoms with Crippen molar-refractivity contribution in [3.05, 3.63) is 0 Å². The number of nitrogens with one attached hydrogen (secondary N) is 1. The third-order valence-electron chi connectivity index (χ3n) is 3.31. The number of hydrogen-bond donors (Lipinski definition) is 4. The molecule has 0 aliphatic carbocycles. The third kappa shape index (κ3) is 8.19. The van der Waals surface area contributed by atoms with E-state index in [0.717, 1.165) is 4.90 Å². The van der Waals surface area contributed by atoms with Crippen LogP contribution in [0.3, 0.4) is 0 Å².